The number of pyridine rings is 2. The lowest BCUT2D eigenvalue weighted by atomic mass is 10.1. The topological polar surface area (TPSA) is 101 Å². The summed E-state index contributed by atoms with van der Waals surface area (Å²) in [6, 6.07) is 9.64. The van der Waals surface area contributed by atoms with Crippen molar-refractivity contribution in [1.82, 2.24) is 24.2 Å². The van der Waals surface area contributed by atoms with E-state index < -0.39 is 15.8 Å². The van der Waals surface area contributed by atoms with E-state index in [0.717, 1.165) is 17.3 Å². The minimum absolute atomic E-state index is 0.274. The molecule has 178 valence electrons. The minimum Gasteiger partial charge on any atom is -0.497 e. The highest BCUT2D eigenvalue weighted by atomic mass is 32.2. The third-order valence-corrected chi connectivity index (χ3v) is 7.70. The van der Waals surface area contributed by atoms with Crippen molar-refractivity contribution in [3.05, 3.63) is 66.1 Å². The second-order valence-corrected chi connectivity index (χ2v) is 9.61. The predicted molar refractivity (Wildman–Crippen MR) is 128 cm³/mol. The number of rotatable bonds is 9. The molecule has 3 heterocycles. The van der Waals surface area contributed by atoms with Crippen LogP contribution < -0.4 is 4.74 Å². The van der Waals surface area contributed by atoms with Crippen LogP contribution in [0.2, 0.25) is 0 Å². The molecule has 0 aliphatic carbocycles. The van der Waals surface area contributed by atoms with Crippen LogP contribution in [0.1, 0.15) is 25.4 Å². The Morgan fingerprint density at radius 3 is 2.53 bits per heavy atom. The van der Waals surface area contributed by atoms with Crippen LogP contribution >= 0.6 is 0 Å². The molecule has 4 aromatic rings. The molecule has 0 amide bonds. The number of hydrogen-bond donors (Lipinski definition) is 1. The van der Waals surface area contributed by atoms with Crippen LogP contribution in [0.25, 0.3) is 22.3 Å². The minimum atomic E-state index is -3.88. The Bertz CT molecular complexity index is 1420. The van der Waals surface area contributed by atoms with E-state index in [2.05, 4.69) is 19.9 Å². The van der Waals surface area contributed by atoms with E-state index in [9.17, 15) is 12.8 Å². The molecule has 0 aliphatic rings. The third kappa shape index (κ3) is 4.78. The van der Waals surface area contributed by atoms with Crippen LogP contribution in [0.4, 0.5) is 4.39 Å². The van der Waals surface area contributed by atoms with E-state index in [1.165, 1.54) is 16.4 Å². The van der Waals surface area contributed by atoms with E-state index in [4.69, 9.17) is 4.74 Å². The van der Waals surface area contributed by atoms with Gasteiger partial charge in [-0.25, -0.2) is 22.8 Å². The van der Waals surface area contributed by atoms with Gasteiger partial charge in [-0.15, -0.1) is 0 Å². The van der Waals surface area contributed by atoms with E-state index in [1.54, 1.807) is 45.5 Å². The smallest absolute Gasteiger partial charge is 0.245 e. The van der Waals surface area contributed by atoms with E-state index in [1.807, 2.05) is 12.1 Å². The fourth-order valence-corrected chi connectivity index (χ4v) is 5.29. The standard InChI is InChI=1S/C24H26FN5O3S/c1-4-30(5-2)34(31,32)22-8-6-16(12-20(22)25)17-13-21-24(27-15-17)29-23(28-21)9-7-18-14-19(33-3)10-11-26-18/h6,8,10-15H,4-5,7,9H2,1-3H3,(H,27,28,29). The molecule has 1 N–H and O–H groups in total. The number of fused-ring (bicyclic) bond motifs is 1. The molecule has 10 heteroatoms. The molecule has 0 unspecified atom stereocenters. The zero-order chi connectivity index (χ0) is 24.3. The van der Waals surface area contributed by atoms with Crippen LogP contribution in [0.3, 0.4) is 0 Å². The number of ether oxygens (including phenoxy) is 1. The molecule has 1 aromatic carbocycles. The fourth-order valence-electron chi connectivity index (χ4n) is 3.78. The monoisotopic (exact) mass is 483 g/mol. The number of sulfonamides is 1. The van der Waals surface area contributed by atoms with Crippen molar-refractivity contribution in [2.24, 2.45) is 0 Å². The number of aromatic amines is 1. The number of H-pyrrole nitrogens is 1. The Morgan fingerprint density at radius 1 is 1.03 bits per heavy atom. The average molecular weight is 484 g/mol. The summed E-state index contributed by atoms with van der Waals surface area (Å²) in [6.45, 7) is 3.99. The van der Waals surface area contributed by atoms with Gasteiger partial charge in [0.05, 0.1) is 12.6 Å². The maximum absolute atomic E-state index is 14.8. The van der Waals surface area contributed by atoms with Gasteiger partial charge in [-0.05, 0) is 36.2 Å². The van der Waals surface area contributed by atoms with Gasteiger partial charge in [0.15, 0.2) is 5.65 Å². The third-order valence-electron chi connectivity index (χ3n) is 5.62. The zero-order valence-electron chi connectivity index (χ0n) is 19.2. The first kappa shape index (κ1) is 23.8. The first-order valence-corrected chi connectivity index (χ1v) is 12.4. The Kier molecular flexibility index (Phi) is 6.90. The summed E-state index contributed by atoms with van der Waals surface area (Å²) in [7, 11) is -2.27. The van der Waals surface area contributed by atoms with Crippen molar-refractivity contribution in [3.8, 4) is 16.9 Å². The number of benzene rings is 1. The number of hydrogen-bond acceptors (Lipinski definition) is 6. The van der Waals surface area contributed by atoms with Crippen molar-refractivity contribution >= 4 is 21.2 Å². The number of methoxy groups -OCH3 is 1. The predicted octanol–water partition coefficient (Wildman–Crippen LogP) is 3.98. The molecule has 0 aliphatic heterocycles. The first-order chi connectivity index (χ1) is 16.3. The molecule has 4 rings (SSSR count). The number of halogens is 1. The molecular formula is C24H26FN5O3S. The van der Waals surface area contributed by atoms with Crippen molar-refractivity contribution in [1.29, 1.82) is 0 Å². The number of aryl methyl sites for hydroxylation is 2. The summed E-state index contributed by atoms with van der Waals surface area (Å²) in [4.78, 5) is 16.2. The van der Waals surface area contributed by atoms with Crippen molar-refractivity contribution in [3.63, 3.8) is 0 Å². The van der Waals surface area contributed by atoms with E-state index in [-0.39, 0.29) is 18.0 Å². The molecule has 0 fully saturated rings. The maximum atomic E-state index is 14.8. The summed E-state index contributed by atoms with van der Waals surface area (Å²) >= 11 is 0. The Balaban J connectivity index is 1.56. The Morgan fingerprint density at radius 2 is 1.82 bits per heavy atom. The van der Waals surface area contributed by atoms with Crippen molar-refractivity contribution < 1.29 is 17.5 Å². The SMILES string of the molecule is CCN(CC)S(=O)(=O)c1ccc(-c2cnc3nc(CCc4cc(OC)ccn4)[nH]c3c2)cc1F. The fraction of sp³-hybridized carbons (Fsp3) is 0.292. The molecular weight excluding hydrogens is 457 g/mol. The van der Waals surface area contributed by atoms with Crippen LogP contribution in [-0.4, -0.2) is 52.9 Å². The average Bonchev–Trinajstić information content (AvgIpc) is 3.25. The summed E-state index contributed by atoms with van der Waals surface area (Å²) in [5.74, 6) is 0.723. The molecule has 0 saturated carbocycles. The second-order valence-electron chi connectivity index (χ2n) is 7.70. The number of aromatic nitrogens is 4. The summed E-state index contributed by atoms with van der Waals surface area (Å²) < 4.78 is 46.7. The molecule has 0 atom stereocenters. The molecule has 0 bridgehead atoms. The first-order valence-electron chi connectivity index (χ1n) is 11.0. The van der Waals surface area contributed by atoms with Gasteiger partial charge in [-0.3, -0.25) is 4.98 Å². The summed E-state index contributed by atoms with van der Waals surface area (Å²) in [5.41, 5.74) is 3.35. The highest BCUT2D eigenvalue weighted by Crippen LogP contribution is 2.27. The molecule has 0 saturated heterocycles. The van der Waals surface area contributed by atoms with Crippen LogP contribution in [-0.2, 0) is 22.9 Å². The van der Waals surface area contributed by atoms with E-state index in [0.29, 0.717) is 35.1 Å². The normalized spacial score (nSPS) is 11.9. The number of nitrogens with one attached hydrogen (secondary N) is 1. The molecule has 8 nitrogen and oxygen atoms in total. The Labute approximate surface area is 197 Å². The van der Waals surface area contributed by atoms with Gasteiger partial charge in [-0.1, -0.05) is 19.9 Å². The highest BCUT2D eigenvalue weighted by molar-refractivity contribution is 7.89. The van der Waals surface area contributed by atoms with Crippen LogP contribution in [0, 0.1) is 5.82 Å². The second kappa shape index (κ2) is 9.86. The number of imidazole rings is 1. The van der Waals surface area contributed by atoms with Crippen molar-refractivity contribution in [2.75, 3.05) is 20.2 Å². The zero-order valence-corrected chi connectivity index (χ0v) is 20.1. The lowest BCUT2D eigenvalue weighted by Gasteiger charge is -2.19. The number of nitrogens with zero attached hydrogens (tertiary/aromatic N) is 4. The summed E-state index contributed by atoms with van der Waals surface area (Å²) in [5, 5.41) is 0. The Hall–Kier alpha value is -3.37. The van der Waals surface area contributed by atoms with Gasteiger partial charge >= 0.3 is 0 Å². The maximum Gasteiger partial charge on any atom is 0.245 e. The van der Waals surface area contributed by atoms with Gasteiger partial charge in [0.1, 0.15) is 22.3 Å². The quantitative estimate of drug-likeness (QED) is 0.386. The van der Waals surface area contributed by atoms with Crippen LogP contribution in [0.15, 0.2) is 53.7 Å². The van der Waals surface area contributed by atoms with Gasteiger partial charge in [-0.2, -0.15) is 4.31 Å². The largest absolute Gasteiger partial charge is 0.497 e. The molecule has 0 spiro atoms. The lowest BCUT2D eigenvalue weighted by Crippen LogP contribution is -2.31. The van der Waals surface area contributed by atoms with Gasteiger partial charge in [0, 0.05) is 49.2 Å². The van der Waals surface area contributed by atoms with Gasteiger partial charge < -0.3 is 9.72 Å². The van der Waals surface area contributed by atoms with Gasteiger partial charge in [0.2, 0.25) is 10.0 Å². The van der Waals surface area contributed by atoms with Crippen LogP contribution in [0.5, 0.6) is 5.75 Å². The van der Waals surface area contributed by atoms with Gasteiger partial charge in [0.25, 0.3) is 0 Å². The lowest BCUT2D eigenvalue weighted by molar-refractivity contribution is 0.413. The molecule has 0 radical (unpaired) electrons. The summed E-state index contributed by atoms with van der Waals surface area (Å²) in [6.07, 6.45) is 4.62. The van der Waals surface area contributed by atoms with E-state index >= 15 is 0 Å². The molecule has 34 heavy (non-hydrogen) atoms. The van der Waals surface area contributed by atoms with Crippen molar-refractivity contribution in [2.45, 2.75) is 31.6 Å². The molecule has 3 aromatic heterocycles. The highest BCUT2D eigenvalue weighted by Gasteiger charge is 2.25.